The summed E-state index contributed by atoms with van der Waals surface area (Å²) in [5, 5.41) is 8.36. The van der Waals surface area contributed by atoms with E-state index in [-0.39, 0.29) is 0 Å². The van der Waals surface area contributed by atoms with E-state index in [4.69, 9.17) is 0 Å². The summed E-state index contributed by atoms with van der Waals surface area (Å²) >= 11 is 0. The number of fused-ring (bicyclic) bond motifs is 9. The minimum atomic E-state index is -0.620. The van der Waals surface area contributed by atoms with Crippen LogP contribution in [0.4, 0.5) is 28.4 Å². The van der Waals surface area contributed by atoms with Crippen molar-refractivity contribution in [3.8, 4) is 33.6 Å². The Balaban J connectivity index is 1.06. The smallest absolute Gasteiger partial charge is 0.0868 e. The molecule has 1 atom stereocenters. The lowest BCUT2D eigenvalue weighted by atomic mass is 9.82. The molecular weight excluding hydrogens is 957 g/mol. The zero-order valence-corrected chi connectivity index (χ0v) is 43.8. The number of para-hydroxylation sites is 5. The van der Waals surface area contributed by atoms with Crippen molar-refractivity contribution in [3.63, 3.8) is 0 Å². The maximum atomic E-state index is 2.66. The van der Waals surface area contributed by atoms with Crippen LogP contribution in [0.5, 0.6) is 0 Å². The molecule has 0 radical (unpaired) electrons. The molecule has 374 valence electrons. The number of nitrogens with zero attached hydrogens (tertiary/aromatic N) is 4. The maximum absolute atomic E-state index is 2.66. The van der Waals surface area contributed by atoms with E-state index in [1.54, 1.807) is 0 Å². The number of rotatable bonds is 10. The summed E-state index contributed by atoms with van der Waals surface area (Å²) in [6.45, 7) is 2.46. The molecule has 0 fully saturated rings. The zero-order valence-electron chi connectivity index (χ0n) is 43.8. The molecule has 2 heterocycles. The second-order valence-corrected chi connectivity index (χ2v) is 21.0. The van der Waals surface area contributed by atoms with Crippen molar-refractivity contribution in [2.75, 3.05) is 9.80 Å². The van der Waals surface area contributed by atoms with Gasteiger partial charge in [0.1, 0.15) is 0 Å². The molecule has 0 amide bonds. The number of hydrogen-bond acceptors (Lipinski definition) is 2. The molecule has 1 unspecified atom stereocenters. The molecule has 15 rings (SSSR count). The Hall–Kier alpha value is -10.2. The molecule has 0 saturated heterocycles. The number of anilines is 5. The van der Waals surface area contributed by atoms with Gasteiger partial charge in [-0.25, -0.2) is 0 Å². The molecular formula is C75H54N4. The summed E-state index contributed by atoms with van der Waals surface area (Å²) in [4.78, 5) is 5.20. The molecule has 0 aliphatic heterocycles. The van der Waals surface area contributed by atoms with E-state index in [2.05, 4.69) is 323 Å². The van der Waals surface area contributed by atoms with Crippen LogP contribution in [0.15, 0.2) is 291 Å². The van der Waals surface area contributed by atoms with E-state index in [9.17, 15) is 0 Å². The van der Waals surface area contributed by atoms with Crippen LogP contribution >= 0.6 is 0 Å². The van der Waals surface area contributed by atoms with Crippen LogP contribution in [-0.2, 0) is 5.54 Å². The van der Waals surface area contributed by atoms with Crippen molar-refractivity contribution in [2.24, 2.45) is 0 Å². The lowest BCUT2D eigenvalue weighted by Crippen LogP contribution is -2.43. The van der Waals surface area contributed by atoms with Gasteiger partial charge in [0.2, 0.25) is 0 Å². The lowest BCUT2D eigenvalue weighted by molar-refractivity contribution is 0.462. The van der Waals surface area contributed by atoms with Gasteiger partial charge < -0.3 is 18.9 Å². The first-order valence-corrected chi connectivity index (χ1v) is 27.4. The van der Waals surface area contributed by atoms with Crippen molar-refractivity contribution in [2.45, 2.75) is 18.9 Å². The van der Waals surface area contributed by atoms with E-state index in [0.717, 1.165) is 62.7 Å². The lowest BCUT2D eigenvalue weighted by Gasteiger charge is -2.45. The van der Waals surface area contributed by atoms with Gasteiger partial charge in [0.05, 0.1) is 39.2 Å². The molecule has 4 heteroatoms. The molecule has 2 aromatic heterocycles. The van der Waals surface area contributed by atoms with Crippen molar-refractivity contribution in [3.05, 3.63) is 302 Å². The molecule has 12 aromatic carbocycles. The summed E-state index contributed by atoms with van der Waals surface area (Å²) in [5.74, 6) is 0. The van der Waals surface area contributed by atoms with Gasteiger partial charge >= 0.3 is 0 Å². The van der Waals surface area contributed by atoms with Crippen LogP contribution in [0.3, 0.4) is 0 Å². The molecule has 1 aliphatic carbocycles. The van der Waals surface area contributed by atoms with Crippen LogP contribution < -0.4 is 9.80 Å². The first-order chi connectivity index (χ1) is 39.1. The highest BCUT2D eigenvalue weighted by atomic mass is 15.2. The largest absolute Gasteiger partial charge is 0.330 e. The van der Waals surface area contributed by atoms with Crippen molar-refractivity contribution >= 4 is 88.8 Å². The monoisotopic (exact) mass is 1010 g/mol. The summed E-state index contributed by atoms with van der Waals surface area (Å²) in [6.07, 6.45) is 5.52. The minimum Gasteiger partial charge on any atom is -0.330 e. The fraction of sp³-hybridized carbons (Fsp3) is 0.0400. The highest BCUT2D eigenvalue weighted by molar-refractivity contribution is 6.18. The molecule has 14 aromatic rings. The van der Waals surface area contributed by atoms with E-state index in [0.29, 0.717) is 0 Å². The number of benzene rings is 12. The number of aromatic nitrogens is 2. The first-order valence-electron chi connectivity index (χ1n) is 27.4. The molecule has 1 aliphatic rings. The second-order valence-electron chi connectivity index (χ2n) is 21.0. The fourth-order valence-electron chi connectivity index (χ4n) is 12.9. The van der Waals surface area contributed by atoms with Crippen LogP contribution in [0, 0.1) is 0 Å². The normalized spacial score (nSPS) is 14.1. The topological polar surface area (TPSA) is 16.3 Å². The molecule has 0 bridgehead atoms. The molecule has 0 N–H and O–H groups in total. The number of hydrogen-bond donors (Lipinski definition) is 0. The summed E-state index contributed by atoms with van der Waals surface area (Å²) in [6, 6.07) is 105. The highest BCUT2D eigenvalue weighted by Gasteiger charge is 2.42. The van der Waals surface area contributed by atoms with Gasteiger partial charge in [0, 0.05) is 55.5 Å². The quantitative estimate of drug-likeness (QED) is 0.127. The third-order valence-electron chi connectivity index (χ3n) is 16.4. The van der Waals surface area contributed by atoms with Crippen LogP contribution in [-0.4, -0.2) is 9.13 Å². The molecule has 0 spiro atoms. The summed E-state index contributed by atoms with van der Waals surface area (Å²) in [7, 11) is 0. The van der Waals surface area contributed by atoms with Crippen molar-refractivity contribution < 1.29 is 0 Å². The maximum Gasteiger partial charge on any atom is 0.0868 e. The van der Waals surface area contributed by atoms with Gasteiger partial charge in [0.15, 0.2) is 0 Å². The zero-order chi connectivity index (χ0) is 52.4. The van der Waals surface area contributed by atoms with Gasteiger partial charge in [0.25, 0.3) is 0 Å². The third kappa shape index (κ3) is 7.59. The van der Waals surface area contributed by atoms with E-state index >= 15 is 0 Å². The molecule has 79 heavy (non-hydrogen) atoms. The Morgan fingerprint density at radius 1 is 0.354 bits per heavy atom. The van der Waals surface area contributed by atoms with Gasteiger partial charge in [-0.3, -0.25) is 0 Å². The molecule has 0 saturated carbocycles. The second kappa shape index (κ2) is 18.8. The predicted octanol–water partition coefficient (Wildman–Crippen LogP) is 20.3. The van der Waals surface area contributed by atoms with Gasteiger partial charge in [-0.1, -0.05) is 218 Å². The fourth-order valence-corrected chi connectivity index (χ4v) is 12.9. The minimum absolute atomic E-state index is 0.620. The Labute approximate surface area is 460 Å². The summed E-state index contributed by atoms with van der Waals surface area (Å²) in [5.41, 5.74) is 17.7. The van der Waals surface area contributed by atoms with E-state index < -0.39 is 5.54 Å². The molecule has 4 nitrogen and oxygen atoms in total. The van der Waals surface area contributed by atoms with Crippen molar-refractivity contribution in [1.29, 1.82) is 0 Å². The Morgan fingerprint density at radius 2 is 0.873 bits per heavy atom. The summed E-state index contributed by atoms with van der Waals surface area (Å²) < 4.78 is 4.99. The third-order valence-corrected chi connectivity index (χ3v) is 16.4. The van der Waals surface area contributed by atoms with Crippen LogP contribution in [0.25, 0.3) is 94.0 Å². The standard InChI is InChI=1S/C75H54N4/c1-75(49-21-35-67-64-33-17-19-37-70(64)78(74(67)75)58-29-12-5-13-30-58)79(60-46-41-55(42-47-60)53-24-8-3-9-25-53)61-50-68-62-31-15-14-26-56(62)43-48-65(68)72(51-61)76(59-44-39-54(40-45-59)52-22-6-2-7-23-52)71-38-20-34-66-63-32-16-18-36-69(63)77(73(66)71)57-27-10-4-11-28-57/h2-48,50-51H,49H2,1H3. The van der Waals surface area contributed by atoms with Gasteiger partial charge in [-0.05, 0) is 131 Å². The van der Waals surface area contributed by atoms with E-state index in [1.165, 1.54) is 71.3 Å². The van der Waals surface area contributed by atoms with Crippen LogP contribution in [0.2, 0.25) is 0 Å². The Morgan fingerprint density at radius 3 is 1.53 bits per heavy atom. The first kappa shape index (κ1) is 46.2. The highest BCUT2D eigenvalue weighted by Crippen LogP contribution is 2.53. The van der Waals surface area contributed by atoms with Crippen molar-refractivity contribution in [1.82, 2.24) is 9.13 Å². The SMILES string of the molecule is CC1(N(c2ccc(-c3ccccc3)cc2)c2cc(N(c3ccc(-c4ccccc4)cc3)c3cccc4c5ccccc5n(-c5ccccc5)c34)c3ccc4ccccc4c3c2)CC=Cc2c1n(-c1ccccc1)c1ccccc21. The van der Waals surface area contributed by atoms with E-state index in [1.807, 2.05) is 0 Å². The Kier molecular flexibility index (Phi) is 11.0. The van der Waals surface area contributed by atoms with Gasteiger partial charge in [-0.2, -0.15) is 0 Å². The predicted molar refractivity (Wildman–Crippen MR) is 334 cm³/mol. The average Bonchev–Trinajstić information content (AvgIpc) is 3.71. The average molecular weight is 1010 g/mol. The Bertz CT molecular complexity index is 4620. The van der Waals surface area contributed by atoms with Gasteiger partial charge in [-0.15, -0.1) is 0 Å². The van der Waals surface area contributed by atoms with Crippen LogP contribution in [0.1, 0.15) is 24.6 Å².